The molecule has 0 unspecified atom stereocenters. The molecule has 0 aromatic heterocycles. The molecule has 0 spiro atoms. The summed E-state index contributed by atoms with van der Waals surface area (Å²) in [7, 11) is 1.64. The van der Waals surface area contributed by atoms with Gasteiger partial charge in [0.05, 0.1) is 7.11 Å². The van der Waals surface area contributed by atoms with Crippen molar-refractivity contribution in [3.8, 4) is 5.75 Å². The molecule has 1 aliphatic rings. The number of rotatable bonds is 7. The van der Waals surface area contributed by atoms with Gasteiger partial charge >= 0.3 is 6.03 Å². The summed E-state index contributed by atoms with van der Waals surface area (Å²) < 4.78 is 5.15. The fourth-order valence-corrected chi connectivity index (χ4v) is 3.86. The number of methoxy groups -OCH3 is 1. The first-order chi connectivity index (χ1) is 15.7. The number of anilines is 2. The maximum atomic E-state index is 12.2. The minimum Gasteiger partial charge on any atom is -0.497 e. The zero-order chi connectivity index (χ0) is 22.2. The second kappa shape index (κ2) is 10.7. The van der Waals surface area contributed by atoms with Gasteiger partial charge in [-0.05, 0) is 47.5 Å². The molecule has 32 heavy (non-hydrogen) atoms. The molecule has 1 aliphatic heterocycles. The van der Waals surface area contributed by atoms with Crippen LogP contribution in [0.2, 0.25) is 0 Å². The highest BCUT2D eigenvalue weighted by atomic mass is 16.5. The Balaban J connectivity index is 1.20. The number of benzene rings is 3. The van der Waals surface area contributed by atoms with Gasteiger partial charge in [-0.1, -0.05) is 42.5 Å². The molecular formula is C26H30N4O2. The van der Waals surface area contributed by atoms with Gasteiger partial charge in [-0.25, -0.2) is 4.79 Å². The van der Waals surface area contributed by atoms with Gasteiger partial charge < -0.3 is 20.3 Å². The average Bonchev–Trinajstić information content (AvgIpc) is 2.85. The van der Waals surface area contributed by atoms with Crippen LogP contribution < -0.4 is 20.3 Å². The maximum Gasteiger partial charge on any atom is 0.319 e. The van der Waals surface area contributed by atoms with Crippen LogP contribution in [0.5, 0.6) is 5.75 Å². The number of piperazine rings is 1. The molecule has 2 N–H and O–H groups in total. The number of ether oxygens (including phenoxy) is 1. The highest BCUT2D eigenvalue weighted by molar-refractivity contribution is 5.89. The van der Waals surface area contributed by atoms with Crippen molar-refractivity contribution >= 4 is 17.4 Å². The number of amides is 2. The van der Waals surface area contributed by atoms with E-state index < -0.39 is 0 Å². The minimum atomic E-state index is -0.217. The molecule has 6 heteroatoms. The normalized spacial score (nSPS) is 14.1. The van der Waals surface area contributed by atoms with Crippen molar-refractivity contribution in [2.45, 2.75) is 13.1 Å². The number of urea groups is 1. The van der Waals surface area contributed by atoms with Crippen molar-refractivity contribution in [3.63, 3.8) is 0 Å². The Kier molecular flexibility index (Phi) is 7.25. The topological polar surface area (TPSA) is 56.8 Å². The molecule has 1 heterocycles. The molecule has 1 saturated heterocycles. The third kappa shape index (κ3) is 6.02. The summed E-state index contributed by atoms with van der Waals surface area (Å²) in [4.78, 5) is 17.1. The standard InChI is InChI=1S/C26H30N4O2/c1-32-25-13-9-21(10-14-25)19-27-26(31)28-23-11-7-22(8-12-23)20-29-15-17-30(18-16-29)24-5-3-2-4-6-24/h2-14H,15-20H2,1H3,(H2,27,28,31). The molecule has 166 valence electrons. The van der Waals surface area contributed by atoms with E-state index in [0.29, 0.717) is 6.54 Å². The summed E-state index contributed by atoms with van der Waals surface area (Å²) in [6, 6.07) is 26.1. The molecule has 3 aromatic carbocycles. The fourth-order valence-electron chi connectivity index (χ4n) is 3.86. The first kappa shape index (κ1) is 21.7. The Labute approximate surface area is 189 Å². The van der Waals surface area contributed by atoms with Crippen molar-refractivity contribution in [2.75, 3.05) is 43.5 Å². The van der Waals surface area contributed by atoms with Crippen LogP contribution in [0, 0.1) is 0 Å². The zero-order valence-corrected chi connectivity index (χ0v) is 18.5. The summed E-state index contributed by atoms with van der Waals surface area (Å²) >= 11 is 0. The molecule has 6 nitrogen and oxygen atoms in total. The number of para-hydroxylation sites is 1. The largest absolute Gasteiger partial charge is 0.497 e. The highest BCUT2D eigenvalue weighted by Crippen LogP contribution is 2.18. The smallest absolute Gasteiger partial charge is 0.319 e. The first-order valence-electron chi connectivity index (χ1n) is 11.0. The Morgan fingerprint density at radius 3 is 2.16 bits per heavy atom. The van der Waals surface area contributed by atoms with Crippen LogP contribution in [0.4, 0.5) is 16.2 Å². The Morgan fingerprint density at radius 2 is 1.50 bits per heavy atom. The lowest BCUT2D eigenvalue weighted by atomic mass is 10.1. The highest BCUT2D eigenvalue weighted by Gasteiger charge is 2.17. The summed E-state index contributed by atoms with van der Waals surface area (Å²) in [6.45, 7) is 5.55. The molecule has 0 radical (unpaired) electrons. The van der Waals surface area contributed by atoms with Crippen LogP contribution >= 0.6 is 0 Å². The molecular weight excluding hydrogens is 400 g/mol. The number of hydrogen-bond donors (Lipinski definition) is 2. The average molecular weight is 431 g/mol. The lowest BCUT2D eigenvalue weighted by Crippen LogP contribution is -2.45. The Bertz CT molecular complexity index is 983. The Morgan fingerprint density at radius 1 is 0.844 bits per heavy atom. The molecule has 4 rings (SSSR count). The van der Waals surface area contributed by atoms with E-state index in [-0.39, 0.29) is 6.03 Å². The van der Waals surface area contributed by atoms with Gasteiger partial charge in [0, 0.05) is 50.6 Å². The quantitative estimate of drug-likeness (QED) is 0.586. The van der Waals surface area contributed by atoms with Gasteiger partial charge in [-0.2, -0.15) is 0 Å². The van der Waals surface area contributed by atoms with Gasteiger partial charge in [0.1, 0.15) is 5.75 Å². The molecule has 2 amide bonds. The minimum absolute atomic E-state index is 0.217. The number of nitrogens with zero attached hydrogens (tertiary/aromatic N) is 2. The van der Waals surface area contributed by atoms with Crippen LogP contribution in [-0.4, -0.2) is 44.2 Å². The van der Waals surface area contributed by atoms with Gasteiger partial charge in [-0.15, -0.1) is 0 Å². The van der Waals surface area contributed by atoms with Gasteiger partial charge in [0.2, 0.25) is 0 Å². The number of carbonyl (C=O) groups is 1. The van der Waals surface area contributed by atoms with Crippen molar-refractivity contribution < 1.29 is 9.53 Å². The molecule has 1 fully saturated rings. The molecule has 0 atom stereocenters. The zero-order valence-electron chi connectivity index (χ0n) is 18.5. The molecule has 0 bridgehead atoms. The van der Waals surface area contributed by atoms with Crippen LogP contribution in [0.25, 0.3) is 0 Å². The molecule has 3 aromatic rings. The van der Waals surface area contributed by atoms with Crippen molar-refractivity contribution in [1.29, 1.82) is 0 Å². The lowest BCUT2D eigenvalue weighted by Gasteiger charge is -2.36. The summed E-state index contributed by atoms with van der Waals surface area (Å²) in [5.74, 6) is 0.802. The first-order valence-corrected chi connectivity index (χ1v) is 11.0. The van der Waals surface area contributed by atoms with Gasteiger partial charge in [0.25, 0.3) is 0 Å². The monoisotopic (exact) mass is 430 g/mol. The van der Waals surface area contributed by atoms with E-state index in [1.807, 2.05) is 36.4 Å². The summed E-state index contributed by atoms with van der Waals surface area (Å²) in [5, 5.41) is 5.77. The van der Waals surface area contributed by atoms with Crippen LogP contribution in [0.3, 0.4) is 0 Å². The van der Waals surface area contributed by atoms with Crippen LogP contribution in [-0.2, 0) is 13.1 Å². The summed E-state index contributed by atoms with van der Waals surface area (Å²) in [6.07, 6.45) is 0. The van der Waals surface area contributed by atoms with Crippen molar-refractivity contribution in [1.82, 2.24) is 10.2 Å². The van der Waals surface area contributed by atoms with E-state index in [9.17, 15) is 4.79 Å². The van der Waals surface area contributed by atoms with Gasteiger partial charge in [0.15, 0.2) is 0 Å². The molecule has 0 aliphatic carbocycles. The van der Waals surface area contributed by atoms with E-state index in [1.165, 1.54) is 11.3 Å². The maximum absolute atomic E-state index is 12.2. The van der Waals surface area contributed by atoms with E-state index >= 15 is 0 Å². The van der Waals surface area contributed by atoms with Crippen molar-refractivity contribution in [3.05, 3.63) is 90.0 Å². The third-order valence-corrected chi connectivity index (χ3v) is 5.72. The third-order valence-electron chi connectivity index (χ3n) is 5.72. The number of nitrogens with one attached hydrogen (secondary N) is 2. The molecule has 0 saturated carbocycles. The predicted octanol–water partition coefficient (Wildman–Crippen LogP) is 4.34. The fraction of sp³-hybridized carbons (Fsp3) is 0.269. The second-order valence-electron chi connectivity index (χ2n) is 7.95. The SMILES string of the molecule is COc1ccc(CNC(=O)Nc2ccc(CN3CCN(c4ccccc4)CC3)cc2)cc1. The lowest BCUT2D eigenvalue weighted by molar-refractivity contribution is 0.250. The number of carbonyl (C=O) groups excluding carboxylic acids is 1. The van der Waals surface area contributed by atoms with E-state index in [2.05, 4.69) is 62.9 Å². The second-order valence-corrected chi connectivity index (χ2v) is 7.95. The predicted molar refractivity (Wildman–Crippen MR) is 129 cm³/mol. The van der Waals surface area contributed by atoms with Gasteiger partial charge in [-0.3, -0.25) is 4.90 Å². The van der Waals surface area contributed by atoms with Crippen LogP contribution in [0.1, 0.15) is 11.1 Å². The Hall–Kier alpha value is -3.51. The van der Waals surface area contributed by atoms with Crippen molar-refractivity contribution in [2.24, 2.45) is 0 Å². The summed E-state index contributed by atoms with van der Waals surface area (Å²) in [5.41, 5.74) is 4.36. The van der Waals surface area contributed by atoms with E-state index in [4.69, 9.17) is 4.74 Å². The van der Waals surface area contributed by atoms with E-state index in [1.54, 1.807) is 7.11 Å². The number of hydrogen-bond acceptors (Lipinski definition) is 4. The van der Waals surface area contributed by atoms with Crippen LogP contribution in [0.15, 0.2) is 78.9 Å². The van der Waals surface area contributed by atoms with E-state index in [0.717, 1.165) is 49.7 Å².